The first-order chi connectivity index (χ1) is 14.3. The molecule has 2 rings (SSSR count). The number of nitrogens with zero attached hydrogens (tertiary/aromatic N) is 1. The highest BCUT2D eigenvalue weighted by atomic mass is 16.3. The summed E-state index contributed by atoms with van der Waals surface area (Å²) in [6.45, 7) is 15.8. The zero-order valence-electron chi connectivity index (χ0n) is 19.4. The molecule has 1 aliphatic rings. The van der Waals surface area contributed by atoms with Crippen molar-refractivity contribution in [3.05, 3.63) is 88.8 Å². The molecule has 30 heavy (non-hydrogen) atoms. The zero-order valence-corrected chi connectivity index (χ0v) is 19.4. The van der Waals surface area contributed by atoms with Gasteiger partial charge in [0.25, 0.3) is 0 Å². The zero-order chi connectivity index (χ0) is 22.1. The van der Waals surface area contributed by atoms with Crippen LogP contribution in [0.4, 0.5) is 0 Å². The van der Waals surface area contributed by atoms with Crippen LogP contribution in [0.2, 0.25) is 0 Å². The predicted molar refractivity (Wildman–Crippen MR) is 130 cm³/mol. The van der Waals surface area contributed by atoms with Gasteiger partial charge in [-0.15, -0.1) is 0 Å². The first-order valence-corrected chi connectivity index (χ1v) is 10.9. The largest absolute Gasteiger partial charge is 0.390 e. The second-order valence-electron chi connectivity index (χ2n) is 8.93. The van der Waals surface area contributed by atoms with E-state index in [0.717, 1.165) is 16.8 Å². The smallest absolute Gasteiger partial charge is 0.206 e. The SMILES string of the molecule is C=Cc1cc[n+](CCO)c(/C=C(C)/C=C/C=C(C)/C=C/C2=C(C)CCCC2(C)C)c1. The van der Waals surface area contributed by atoms with Crippen LogP contribution in [0, 0.1) is 5.41 Å². The number of aromatic nitrogens is 1. The highest BCUT2D eigenvalue weighted by Crippen LogP contribution is 2.40. The molecule has 2 nitrogen and oxygen atoms in total. The summed E-state index contributed by atoms with van der Waals surface area (Å²) in [5.41, 5.74) is 7.83. The molecule has 0 aliphatic heterocycles. The fourth-order valence-corrected chi connectivity index (χ4v) is 4.04. The standard InChI is InChI=1S/C28H38NO/c1-7-25-15-17-29(18-19-30)26(21-25)20-23(3)11-8-10-22(2)13-14-27-24(4)12-9-16-28(27,5)6/h7-8,10-11,13-15,17,20-21,30H,1,9,12,16,18-19H2,2-6H3/q+1/b11-8+,14-13+,22-10+,23-20+. The van der Waals surface area contributed by atoms with E-state index in [4.69, 9.17) is 0 Å². The molecular formula is C28H38NO+. The molecule has 2 heteroatoms. The summed E-state index contributed by atoms with van der Waals surface area (Å²) in [4.78, 5) is 0. The number of hydrogen-bond acceptors (Lipinski definition) is 1. The molecule has 0 unspecified atom stereocenters. The summed E-state index contributed by atoms with van der Waals surface area (Å²) in [5, 5.41) is 9.31. The molecule has 1 aromatic heterocycles. The van der Waals surface area contributed by atoms with E-state index >= 15 is 0 Å². The van der Waals surface area contributed by atoms with Crippen molar-refractivity contribution in [3.63, 3.8) is 0 Å². The maximum Gasteiger partial charge on any atom is 0.206 e. The van der Waals surface area contributed by atoms with Crippen LogP contribution in [0.15, 0.2) is 77.6 Å². The fourth-order valence-electron chi connectivity index (χ4n) is 4.04. The summed E-state index contributed by atoms with van der Waals surface area (Å²) >= 11 is 0. The van der Waals surface area contributed by atoms with Gasteiger partial charge in [0.2, 0.25) is 5.69 Å². The summed E-state index contributed by atoms with van der Waals surface area (Å²) in [6.07, 6.45) is 20.7. The van der Waals surface area contributed by atoms with Gasteiger partial charge in [0.1, 0.15) is 6.61 Å². The summed E-state index contributed by atoms with van der Waals surface area (Å²) < 4.78 is 2.05. The van der Waals surface area contributed by atoms with Crippen LogP contribution in [0.25, 0.3) is 12.2 Å². The molecule has 1 N–H and O–H groups in total. The normalized spacial score (nSPS) is 17.9. The van der Waals surface area contributed by atoms with Crippen LogP contribution in [0.5, 0.6) is 0 Å². The third-order valence-electron chi connectivity index (χ3n) is 5.82. The van der Waals surface area contributed by atoms with E-state index in [0.29, 0.717) is 6.54 Å². The van der Waals surface area contributed by atoms with Crippen molar-refractivity contribution in [2.24, 2.45) is 5.41 Å². The van der Waals surface area contributed by atoms with E-state index in [2.05, 4.69) is 88.3 Å². The maximum atomic E-state index is 9.31. The lowest BCUT2D eigenvalue weighted by Crippen LogP contribution is -2.38. The van der Waals surface area contributed by atoms with Crippen LogP contribution in [0.1, 0.15) is 65.1 Å². The Balaban J connectivity index is 2.13. The molecule has 0 saturated heterocycles. The fraction of sp³-hybridized carbons (Fsp3) is 0.393. The first-order valence-electron chi connectivity index (χ1n) is 10.9. The quantitative estimate of drug-likeness (QED) is 0.383. The van der Waals surface area contributed by atoms with Gasteiger partial charge in [-0.05, 0) is 62.2 Å². The Morgan fingerprint density at radius 2 is 2.00 bits per heavy atom. The number of aliphatic hydroxyl groups excluding tert-OH is 1. The lowest BCUT2D eigenvalue weighted by atomic mass is 9.72. The number of allylic oxidation sites excluding steroid dienone is 9. The molecule has 1 heterocycles. The van der Waals surface area contributed by atoms with Gasteiger partial charge in [0.05, 0.1) is 0 Å². The van der Waals surface area contributed by atoms with Gasteiger partial charge in [0, 0.05) is 18.2 Å². The van der Waals surface area contributed by atoms with Crippen LogP contribution >= 0.6 is 0 Å². The lowest BCUT2D eigenvalue weighted by molar-refractivity contribution is -0.699. The highest BCUT2D eigenvalue weighted by Gasteiger charge is 2.26. The van der Waals surface area contributed by atoms with Crippen molar-refractivity contribution in [3.8, 4) is 0 Å². The van der Waals surface area contributed by atoms with Crippen molar-refractivity contribution in [1.29, 1.82) is 0 Å². The Hall–Kier alpha value is -2.45. The Morgan fingerprint density at radius 1 is 1.23 bits per heavy atom. The summed E-state index contributed by atoms with van der Waals surface area (Å²) in [7, 11) is 0. The molecule has 0 saturated carbocycles. The minimum atomic E-state index is 0.120. The highest BCUT2D eigenvalue weighted by molar-refractivity contribution is 5.55. The molecule has 0 radical (unpaired) electrons. The molecule has 0 aromatic carbocycles. The molecule has 160 valence electrons. The Kier molecular flexibility index (Phi) is 8.80. The number of pyridine rings is 1. The van der Waals surface area contributed by atoms with E-state index in [9.17, 15) is 5.11 Å². The van der Waals surface area contributed by atoms with E-state index < -0.39 is 0 Å². The molecule has 0 bridgehead atoms. The Morgan fingerprint density at radius 3 is 2.67 bits per heavy atom. The monoisotopic (exact) mass is 404 g/mol. The van der Waals surface area contributed by atoms with Gasteiger partial charge in [-0.2, -0.15) is 4.57 Å². The molecule has 1 aromatic rings. The van der Waals surface area contributed by atoms with Crippen LogP contribution < -0.4 is 4.57 Å². The van der Waals surface area contributed by atoms with Crippen molar-refractivity contribution < 1.29 is 9.67 Å². The molecular weight excluding hydrogens is 366 g/mol. The van der Waals surface area contributed by atoms with E-state index in [1.165, 1.54) is 36.0 Å². The van der Waals surface area contributed by atoms with Crippen molar-refractivity contribution in [2.45, 2.75) is 60.4 Å². The summed E-state index contributed by atoms with van der Waals surface area (Å²) in [5.74, 6) is 0. The van der Waals surface area contributed by atoms with Crippen LogP contribution in [-0.4, -0.2) is 11.7 Å². The van der Waals surface area contributed by atoms with Gasteiger partial charge in [-0.3, -0.25) is 0 Å². The van der Waals surface area contributed by atoms with Crippen molar-refractivity contribution in [2.75, 3.05) is 6.61 Å². The average Bonchev–Trinajstić information content (AvgIpc) is 2.68. The van der Waals surface area contributed by atoms with E-state index in [1.54, 1.807) is 0 Å². The minimum Gasteiger partial charge on any atom is -0.390 e. The Labute approximate surface area is 183 Å². The third-order valence-corrected chi connectivity index (χ3v) is 5.82. The molecule has 0 spiro atoms. The van der Waals surface area contributed by atoms with E-state index in [1.807, 2.05) is 18.3 Å². The third kappa shape index (κ3) is 6.81. The number of aliphatic hydroxyl groups is 1. The number of rotatable bonds is 8. The Bertz CT molecular complexity index is 907. The van der Waals surface area contributed by atoms with Gasteiger partial charge in [-0.25, -0.2) is 0 Å². The minimum absolute atomic E-state index is 0.120. The lowest BCUT2D eigenvalue weighted by Gasteiger charge is -2.32. The second kappa shape index (κ2) is 11.1. The molecule has 0 fully saturated rings. The topological polar surface area (TPSA) is 24.1 Å². The summed E-state index contributed by atoms with van der Waals surface area (Å²) in [6, 6.07) is 4.10. The van der Waals surface area contributed by atoms with Crippen molar-refractivity contribution in [1.82, 2.24) is 0 Å². The van der Waals surface area contributed by atoms with Gasteiger partial charge >= 0.3 is 0 Å². The van der Waals surface area contributed by atoms with Gasteiger partial charge < -0.3 is 5.11 Å². The number of hydrogen-bond donors (Lipinski definition) is 1. The van der Waals surface area contributed by atoms with Gasteiger partial charge in [-0.1, -0.05) is 68.0 Å². The second-order valence-corrected chi connectivity index (χ2v) is 8.93. The predicted octanol–water partition coefficient (Wildman–Crippen LogP) is 6.60. The molecule has 1 aliphatic carbocycles. The van der Waals surface area contributed by atoms with Gasteiger partial charge in [0.15, 0.2) is 12.7 Å². The average molecular weight is 405 g/mol. The molecule has 0 amide bonds. The maximum absolute atomic E-state index is 9.31. The van der Waals surface area contributed by atoms with Crippen molar-refractivity contribution >= 4 is 12.2 Å². The van der Waals surface area contributed by atoms with Crippen LogP contribution in [0.3, 0.4) is 0 Å². The van der Waals surface area contributed by atoms with E-state index in [-0.39, 0.29) is 12.0 Å². The molecule has 0 atom stereocenters. The van der Waals surface area contributed by atoms with Crippen LogP contribution in [-0.2, 0) is 6.54 Å². The first kappa shape index (κ1) is 23.8.